The second-order valence-corrected chi connectivity index (χ2v) is 4.56. The molecule has 10 heavy (non-hydrogen) atoms. The molecule has 0 aromatic carbocycles. The van der Waals surface area contributed by atoms with Crippen molar-refractivity contribution in [1.29, 1.82) is 0 Å². The van der Waals surface area contributed by atoms with Gasteiger partial charge in [-0.1, -0.05) is 37.0 Å². The molecule has 0 amide bonds. The lowest BCUT2D eigenvalue weighted by atomic mass is 9.98. The highest BCUT2D eigenvalue weighted by molar-refractivity contribution is 9.12. The van der Waals surface area contributed by atoms with E-state index >= 15 is 0 Å². The molecule has 1 saturated carbocycles. The topological polar surface area (TPSA) is 32.6 Å². The molecular formula is C6H9Br2NO. The number of oxime groups is 1. The van der Waals surface area contributed by atoms with Crippen molar-refractivity contribution in [2.75, 3.05) is 0 Å². The number of rotatable bonds is 0. The smallest absolute Gasteiger partial charge is 0.0718 e. The quantitative estimate of drug-likeness (QED) is 0.410. The monoisotopic (exact) mass is 269 g/mol. The van der Waals surface area contributed by atoms with Gasteiger partial charge in [0.05, 0.1) is 10.5 Å². The van der Waals surface area contributed by atoms with Gasteiger partial charge in [-0.25, -0.2) is 0 Å². The first-order valence-corrected chi connectivity index (χ1v) is 5.08. The van der Waals surface area contributed by atoms with Crippen LogP contribution in [0.25, 0.3) is 0 Å². The van der Waals surface area contributed by atoms with Crippen molar-refractivity contribution in [1.82, 2.24) is 0 Å². The van der Waals surface area contributed by atoms with Crippen molar-refractivity contribution in [2.45, 2.75) is 28.9 Å². The summed E-state index contributed by atoms with van der Waals surface area (Å²) in [6.45, 7) is 0. The van der Waals surface area contributed by atoms with Gasteiger partial charge >= 0.3 is 0 Å². The van der Waals surface area contributed by atoms with Crippen molar-refractivity contribution < 1.29 is 5.21 Å². The first kappa shape index (κ1) is 8.53. The van der Waals surface area contributed by atoms with Crippen LogP contribution in [0.5, 0.6) is 0 Å². The van der Waals surface area contributed by atoms with Crippen LogP contribution in [0.1, 0.15) is 19.3 Å². The Hall–Kier alpha value is 0.430. The van der Waals surface area contributed by atoms with Gasteiger partial charge in [0, 0.05) is 4.83 Å². The third-order valence-corrected chi connectivity index (χ3v) is 4.54. The maximum atomic E-state index is 8.52. The molecule has 1 fully saturated rings. The SMILES string of the molecule is O/N=C1\CCCC(Br)C1Br. The molecule has 4 heteroatoms. The number of nitrogens with zero attached hydrogens (tertiary/aromatic N) is 1. The van der Waals surface area contributed by atoms with E-state index in [4.69, 9.17) is 5.21 Å². The van der Waals surface area contributed by atoms with E-state index in [1.165, 1.54) is 0 Å². The molecule has 2 atom stereocenters. The van der Waals surface area contributed by atoms with E-state index < -0.39 is 0 Å². The first-order chi connectivity index (χ1) is 4.75. The predicted octanol–water partition coefficient (Wildman–Crippen LogP) is 2.53. The van der Waals surface area contributed by atoms with E-state index in [1.807, 2.05) is 0 Å². The van der Waals surface area contributed by atoms with E-state index in [9.17, 15) is 0 Å². The summed E-state index contributed by atoms with van der Waals surface area (Å²) in [7, 11) is 0. The highest BCUT2D eigenvalue weighted by atomic mass is 79.9. The largest absolute Gasteiger partial charge is 0.411 e. The zero-order valence-electron chi connectivity index (χ0n) is 5.43. The molecule has 58 valence electrons. The Morgan fingerprint density at radius 1 is 1.50 bits per heavy atom. The van der Waals surface area contributed by atoms with Crippen LogP contribution in [0, 0.1) is 0 Å². The van der Waals surface area contributed by atoms with Crippen LogP contribution in [0.4, 0.5) is 0 Å². The molecule has 0 aromatic heterocycles. The standard InChI is InChI=1S/C6H9Br2NO/c7-4-2-1-3-5(9-10)6(4)8/h4,6,10H,1-3H2/b9-5+. The Labute approximate surface area is 76.9 Å². The van der Waals surface area contributed by atoms with Crippen molar-refractivity contribution in [2.24, 2.45) is 5.16 Å². The summed E-state index contributed by atoms with van der Waals surface area (Å²) in [6, 6.07) is 0. The summed E-state index contributed by atoms with van der Waals surface area (Å²) in [4.78, 5) is 0.637. The normalized spacial score (nSPS) is 38.4. The molecule has 1 aliphatic rings. The molecule has 0 aliphatic heterocycles. The van der Waals surface area contributed by atoms with Crippen LogP contribution < -0.4 is 0 Å². The van der Waals surface area contributed by atoms with Gasteiger partial charge < -0.3 is 5.21 Å². The van der Waals surface area contributed by atoms with Gasteiger partial charge in [-0.3, -0.25) is 0 Å². The molecule has 2 unspecified atom stereocenters. The summed E-state index contributed by atoms with van der Waals surface area (Å²) in [6.07, 6.45) is 3.17. The minimum Gasteiger partial charge on any atom is -0.411 e. The zero-order valence-corrected chi connectivity index (χ0v) is 8.60. The van der Waals surface area contributed by atoms with Gasteiger partial charge in [-0.15, -0.1) is 0 Å². The van der Waals surface area contributed by atoms with Crippen LogP contribution in [-0.2, 0) is 0 Å². The Kier molecular flexibility index (Phi) is 3.17. The summed E-state index contributed by atoms with van der Waals surface area (Å²) in [5.74, 6) is 0. The highest BCUT2D eigenvalue weighted by Crippen LogP contribution is 2.27. The van der Waals surface area contributed by atoms with Gasteiger partial charge in [-0.2, -0.15) is 0 Å². The molecule has 0 spiro atoms. The molecule has 0 radical (unpaired) electrons. The maximum absolute atomic E-state index is 8.52. The second kappa shape index (κ2) is 3.72. The van der Waals surface area contributed by atoms with Crippen LogP contribution in [0.3, 0.4) is 0 Å². The molecule has 0 saturated heterocycles. The Bertz CT molecular complexity index is 149. The summed E-state index contributed by atoms with van der Waals surface area (Å²) < 4.78 is 0. The maximum Gasteiger partial charge on any atom is 0.0718 e. The van der Waals surface area contributed by atoms with E-state index in [0.29, 0.717) is 4.83 Å². The van der Waals surface area contributed by atoms with Crippen LogP contribution in [-0.4, -0.2) is 20.6 Å². The van der Waals surface area contributed by atoms with Crippen LogP contribution in [0.15, 0.2) is 5.16 Å². The van der Waals surface area contributed by atoms with Crippen LogP contribution in [0.2, 0.25) is 0 Å². The lowest BCUT2D eigenvalue weighted by Crippen LogP contribution is -2.28. The van der Waals surface area contributed by atoms with Crippen LogP contribution >= 0.6 is 31.9 Å². The number of halogens is 2. The Morgan fingerprint density at radius 2 is 2.20 bits per heavy atom. The van der Waals surface area contributed by atoms with Gasteiger partial charge in [0.25, 0.3) is 0 Å². The third-order valence-electron chi connectivity index (χ3n) is 1.68. The summed E-state index contributed by atoms with van der Waals surface area (Å²) >= 11 is 6.94. The van der Waals surface area contributed by atoms with Gasteiger partial charge in [0.15, 0.2) is 0 Å². The molecule has 1 aliphatic carbocycles. The molecular weight excluding hydrogens is 262 g/mol. The lowest BCUT2D eigenvalue weighted by molar-refractivity contribution is 0.315. The summed E-state index contributed by atoms with van der Waals surface area (Å²) in [5.41, 5.74) is 0.855. The fourth-order valence-corrected chi connectivity index (χ4v) is 2.29. The van der Waals surface area contributed by atoms with Crippen molar-refractivity contribution in [3.63, 3.8) is 0 Å². The lowest BCUT2D eigenvalue weighted by Gasteiger charge is -2.22. The number of hydrogen-bond acceptors (Lipinski definition) is 2. The molecule has 2 nitrogen and oxygen atoms in total. The van der Waals surface area contributed by atoms with E-state index in [2.05, 4.69) is 37.0 Å². The number of alkyl halides is 2. The van der Waals surface area contributed by atoms with Gasteiger partial charge in [-0.05, 0) is 19.3 Å². The van der Waals surface area contributed by atoms with E-state index in [-0.39, 0.29) is 4.83 Å². The van der Waals surface area contributed by atoms with Crippen molar-refractivity contribution >= 4 is 37.6 Å². The molecule has 1 rings (SSSR count). The second-order valence-electron chi connectivity index (χ2n) is 2.40. The molecule has 0 heterocycles. The van der Waals surface area contributed by atoms with Gasteiger partial charge in [0.1, 0.15) is 0 Å². The first-order valence-electron chi connectivity index (χ1n) is 3.24. The summed E-state index contributed by atoms with van der Waals surface area (Å²) in [5, 5.41) is 11.7. The number of hydrogen-bond donors (Lipinski definition) is 1. The van der Waals surface area contributed by atoms with Gasteiger partial charge in [0.2, 0.25) is 0 Å². The average molecular weight is 271 g/mol. The third kappa shape index (κ3) is 1.72. The minimum atomic E-state index is 0.214. The molecule has 0 bridgehead atoms. The predicted molar refractivity (Wildman–Crippen MR) is 48.5 cm³/mol. The van der Waals surface area contributed by atoms with Crippen molar-refractivity contribution in [3.05, 3.63) is 0 Å². The minimum absolute atomic E-state index is 0.214. The van der Waals surface area contributed by atoms with E-state index in [0.717, 1.165) is 25.0 Å². The highest BCUT2D eigenvalue weighted by Gasteiger charge is 2.25. The van der Waals surface area contributed by atoms with E-state index in [1.54, 1.807) is 0 Å². The molecule has 1 N–H and O–H groups in total. The zero-order chi connectivity index (χ0) is 7.56. The average Bonchev–Trinajstić information content (AvgIpc) is 1.95. The Morgan fingerprint density at radius 3 is 2.70 bits per heavy atom. The molecule has 0 aromatic rings. The fraction of sp³-hybridized carbons (Fsp3) is 0.833. The fourth-order valence-electron chi connectivity index (χ4n) is 1.08. The van der Waals surface area contributed by atoms with Crippen molar-refractivity contribution in [3.8, 4) is 0 Å². The Balaban J connectivity index is 2.60.